The third-order valence-corrected chi connectivity index (χ3v) is 6.26. The summed E-state index contributed by atoms with van der Waals surface area (Å²) in [5, 5.41) is 9.15. The minimum Gasteiger partial charge on any atom is -0.492 e. The van der Waals surface area contributed by atoms with Gasteiger partial charge in [0, 0.05) is 24.6 Å². The van der Waals surface area contributed by atoms with Crippen LogP contribution in [0.1, 0.15) is 12.5 Å². The lowest BCUT2D eigenvalue weighted by Crippen LogP contribution is -2.62. The van der Waals surface area contributed by atoms with Gasteiger partial charge in [-0.05, 0) is 42.8 Å². The third-order valence-electron chi connectivity index (χ3n) is 5.73. The molecule has 252 valence electrons. The van der Waals surface area contributed by atoms with Gasteiger partial charge in [-0.2, -0.15) is 39.5 Å². The van der Waals surface area contributed by atoms with Gasteiger partial charge in [0.05, 0.1) is 18.2 Å². The molecular formula is C26H24Cl2F9NO7. The second kappa shape index (κ2) is 15.4. The molecule has 0 spiro atoms. The minimum atomic E-state index is -7.16. The zero-order valence-electron chi connectivity index (χ0n) is 22.9. The monoisotopic (exact) mass is 703 g/mol. The first-order valence-corrected chi connectivity index (χ1v) is 13.3. The van der Waals surface area contributed by atoms with Crippen LogP contribution in [0, 0.1) is 0 Å². The van der Waals surface area contributed by atoms with Crippen LogP contribution in [0.2, 0.25) is 10.0 Å². The number of ether oxygens (including phenoxy) is 4. The summed E-state index contributed by atoms with van der Waals surface area (Å²) in [4.78, 5) is 24.5. The number of hydrogen-bond donors (Lipinski definition) is 1. The van der Waals surface area contributed by atoms with Gasteiger partial charge >= 0.3 is 36.2 Å². The molecule has 8 nitrogen and oxygen atoms in total. The van der Waals surface area contributed by atoms with E-state index in [4.69, 9.17) is 37.4 Å². The summed E-state index contributed by atoms with van der Waals surface area (Å²) in [5.74, 6) is -15.5. The summed E-state index contributed by atoms with van der Waals surface area (Å²) in [7, 11) is 0. The molecule has 0 saturated heterocycles. The van der Waals surface area contributed by atoms with E-state index in [0.29, 0.717) is 10.5 Å². The molecule has 0 saturated carbocycles. The molecule has 1 N–H and O–H groups in total. The SMILES string of the molecule is CCOC(Cc1ccc(OCCN(CCOC(F)(F)C(F)(F)C(F)(F)C(F)(F)F)C(=O)Oc2ccc(Cl)cc2Cl)cc1)C(=O)O. The molecule has 2 aromatic rings. The van der Waals surface area contributed by atoms with Crippen LogP contribution < -0.4 is 9.47 Å². The minimum absolute atomic E-state index is 0.0227. The van der Waals surface area contributed by atoms with E-state index in [1.54, 1.807) is 6.92 Å². The number of carbonyl (C=O) groups excluding carboxylic acids is 1. The van der Waals surface area contributed by atoms with Crippen molar-refractivity contribution in [3.63, 3.8) is 0 Å². The Morgan fingerprint density at radius 3 is 2.02 bits per heavy atom. The second-order valence-electron chi connectivity index (χ2n) is 8.92. The van der Waals surface area contributed by atoms with Gasteiger partial charge in [0.15, 0.2) is 11.9 Å². The smallest absolute Gasteiger partial charge is 0.460 e. The van der Waals surface area contributed by atoms with Crippen molar-refractivity contribution in [2.24, 2.45) is 0 Å². The molecule has 2 rings (SSSR count). The summed E-state index contributed by atoms with van der Waals surface area (Å²) in [6.45, 7) is -1.91. The highest BCUT2D eigenvalue weighted by Gasteiger charge is 2.82. The van der Waals surface area contributed by atoms with Gasteiger partial charge in [-0.3, -0.25) is 0 Å². The zero-order chi connectivity index (χ0) is 34.2. The number of carbonyl (C=O) groups is 2. The molecule has 45 heavy (non-hydrogen) atoms. The number of benzene rings is 2. The number of rotatable bonds is 16. The van der Waals surface area contributed by atoms with Crippen molar-refractivity contribution in [2.45, 2.75) is 43.6 Å². The number of carboxylic acid groups (broad SMARTS) is 1. The largest absolute Gasteiger partial charge is 0.492 e. The molecule has 0 heterocycles. The van der Waals surface area contributed by atoms with E-state index in [2.05, 4.69) is 4.74 Å². The molecular weight excluding hydrogens is 680 g/mol. The number of aliphatic carboxylic acids is 1. The lowest BCUT2D eigenvalue weighted by atomic mass is 10.1. The molecule has 0 aliphatic heterocycles. The number of amides is 1. The lowest BCUT2D eigenvalue weighted by Gasteiger charge is -2.33. The first-order chi connectivity index (χ1) is 20.7. The van der Waals surface area contributed by atoms with Crippen molar-refractivity contribution < 1.29 is 73.2 Å². The topological polar surface area (TPSA) is 94.5 Å². The van der Waals surface area contributed by atoms with Gasteiger partial charge in [0.2, 0.25) is 0 Å². The van der Waals surface area contributed by atoms with Gasteiger partial charge in [-0.25, -0.2) is 9.59 Å². The number of carboxylic acids is 1. The summed E-state index contributed by atoms with van der Waals surface area (Å²) in [5.41, 5.74) is 0.555. The van der Waals surface area contributed by atoms with Crippen LogP contribution in [0.15, 0.2) is 42.5 Å². The molecule has 0 radical (unpaired) electrons. The Bertz CT molecular complexity index is 1300. The first kappa shape index (κ1) is 38.0. The van der Waals surface area contributed by atoms with Crippen molar-refractivity contribution in [3.05, 3.63) is 58.1 Å². The summed E-state index contributed by atoms with van der Waals surface area (Å²) < 4.78 is 137. The van der Waals surface area contributed by atoms with Crippen molar-refractivity contribution in [1.29, 1.82) is 0 Å². The van der Waals surface area contributed by atoms with Crippen LogP contribution in [-0.4, -0.2) is 85.2 Å². The van der Waals surface area contributed by atoms with E-state index < -0.39 is 68.6 Å². The number of alkyl halides is 9. The number of hydrogen-bond acceptors (Lipinski definition) is 6. The summed E-state index contributed by atoms with van der Waals surface area (Å²) in [6, 6.07) is 9.42. The Labute approximate surface area is 259 Å². The highest BCUT2D eigenvalue weighted by atomic mass is 35.5. The number of nitrogens with zero attached hydrogens (tertiary/aromatic N) is 1. The average molecular weight is 704 g/mol. The van der Waals surface area contributed by atoms with Crippen LogP contribution in [0.25, 0.3) is 0 Å². The van der Waals surface area contributed by atoms with Crippen LogP contribution in [0.4, 0.5) is 44.3 Å². The predicted molar refractivity (Wildman–Crippen MR) is 140 cm³/mol. The van der Waals surface area contributed by atoms with Crippen molar-refractivity contribution in [2.75, 3.05) is 32.9 Å². The Morgan fingerprint density at radius 1 is 0.889 bits per heavy atom. The Morgan fingerprint density at radius 2 is 1.49 bits per heavy atom. The van der Waals surface area contributed by atoms with Crippen LogP contribution >= 0.6 is 23.2 Å². The fourth-order valence-electron chi connectivity index (χ4n) is 3.37. The number of halogens is 11. The molecule has 0 aliphatic carbocycles. The standard InChI is InChI=1S/C26H24Cl2F9NO7/c1-2-42-20(21(39)40)13-15-3-6-17(7-4-15)43-11-9-38(22(41)45-19-8-5-16(27)14-18(19)28)10-12-44-26(36,37)24(31,32)23(29,30)25(33,34)35/h3-8,14,20H,2,9-13H2,1H3,(H,39,40). The molecule has 0 bridgehead atoms. The normalized spacial score (nSPS) is 13.3. The van der Waals surface area contributed by atoms with Crippen LogP contribution in [0.3, 0.4) is 0 Å². The maximum Gasteiger partial charge on any atom is 0.460 e. The van der Waals surface area contributed by atoms with E-state index >= 15 is 0 Å². The second-order valence-corrected chi connectivity index (χ2v) is 9.76. The summed E-state index contributed by atoms with van der Waals surface area (Å²) in [6.07, 6.45) is -15.8. The Balaban J connectivity index is 2.13. The molecule has 1 unspecified atom stereocenters. The van der Waals surface area contributed by atoms with E-state index in [9.17, 15) is 54.2 Å². The van der Waals surface area contributed by atoms with Gasteiger partial charge in [-0.15, -0.1) is 0 Å². The van der Waals surface area contributed by atoms with E-state index in [0.717, 1.165) is 6.07 Å². The van der Waals surface area contributed by atoms with Gasteiger partial charge in [0.1, 0.15) is 12.4 Å². The fraction of sp³-hybridized carbons (Fsp3) is 0.462. The van der Waals surface area contributed by atoms with Crippen molar-refractivity contribution in [1.82, 2.24) is 4.90 Å². The summed E-state index contributed by atoms with van der Waals surface area (Å²) >= 11 is 11.7. The van der Waals surface area contributed by atoms with Crippen LogP contribution in [0.5, 0.6) is 11.5 Å². The van der Waals surface area contributed by atoms with Gasteiger partial charge in [-0.1, -0.05) is 35.3 Å². The third kappa shape index (κ3) is 9.92. The molecule has 2 aromatic carbocycles. The molecule has 1 atom stereocenters. The van der Waals surface area contributed by atoms with E-state index in [-0.39, 0.29) is 34.6 Å². The molecule has 0 fully saturated rings. The highest BCUT2D eigenvalue weighted by Crippen LogP contribution is 2.53. The zero-order valence-corrected chi connectivity index (χ0v) is 24.4. The van der Waals surface area contributed by atoms with Gasteiger partial charge in [0.25, 0.3) is 0 Å². The van der Waals surface area contributed by atoms with Crippen LogP contribution in [-0.2, 0) is 20.7 Å². The molecule has 1 amide bonds. The van der Waals surface area contributed by atoms with Gasteiger partial charge < -0.3 is 29.0 Å². The quantitative estimate of drug-likeness (QED) is 0.183. The first-order valence-electron chi connectivity index (χ1n) is 12.6. The fourth-order valence-corrected chi connectivity index (χ4v) is 3.82. The highest BCUT2D eigenvalue weighted by molar-refractivity contribution is 6.35. The Hall–Kier alpha value is -3.15. The van der Waals surface area contributed by atoms with E-state index in [1.807, 2.05) is 0 Å². The molecule has 19 heteroatoms. The average Bonchev–Trinajstić information content (AvgIpc) is 2.93. The maximum absolute atomic E-state index is 13.8. The Kier molecular flexibility index (Phi) is 13.0. The molecule has 0 aliphatic rings. The van der Waals surface area contributed by atoms with Crippen molar-refractivity contribution >= 4 is 35.3 Å². The van der Waals surface area contributed by atoms with E-state index in [1.165, 1.54) is 36.4 Å². The maximum atomic E-state index is 13.8. The molecule has 0 aromatic heterocycles. The van der Waals surface area contributed by atoms with Crippen molar-refractivity contribution in [3.8, 4) is 11.5 Å². The predicted octanol–water partition coefficient (Wildman–Crippen LogP) is 7.35. The lowest BCUT2D eigenvalue weighted by molar-refractivity contribution is -0.443.